The summed E-state index contributed by atoms with van der Waals surface area (Å²) < 4.78 is 0. The summed E-state index contributed by atoms with van der Waals surface area (Å²) in [6.45, 7) is 3.01. The molecule has 0 bridgehead atoms. The monoisotopic (exact) mass is 308 g/mol. The van der Waals surface area contributed by atoms with Gasteiger partial charge in [-0.25, -0.2) is 4.98 Å². The first-order valence-electron chi connectivity index (χ1n) is 7.74. The van der Waals surface area contributed by atoms with E-state index in [1.165, 1.54) is 12.8 Å². The van der Waals surface area contributed by atoms with E-state index in [1.807, 2.05) is 6.07 Å². The minimum Gasteiger partial charge on any atom is -0.370 e. The van der Waals surface area contributed by atoms with Crippen LogP contribution in [0, 0.1) is 11.3 Å². The summed E-state index contributed by atoms with van der Waals surface area (Å²) in [6, 6.07) is 12.2. The van der Waals surface area contributed by atoms with Crippen LogP contribution in [-0.2, 0) is 0 Å². The Morgan fingerprint density at radius 2 is 2.00 bits per heavy atom. The van der Waals surface area contributed by atoms with Crippen LogP contribution in [0.15, 0.2) is 42.6 Å². The van der Waals surface area contributed by atoms with Gasteiger partial charge in [-0.2, -0.15) is 5.26 Å². The van der Waals surface area contributed by atoms with E-state index in [0.29, 0.717) is 22.6 Å². The van der Waals surface area contributed by atoms with Crippen LogP contribution in [0.3, 0.4) is 0 Å². The summed E-state index contributed by atoms with van der Waals surface area (Å²) in [6.07, 6.45) is 5.05. The Morgan fingerprint density at radius 3 is 2.70 bits per heavy atom. The molecule has 1 aromatic carbocycles. The Hall–Kier alpha value is -2.87. The Kier molecular flexibility index (Phi) is 6.13. The van der Waals surface area contributed by atoms with Crippen LogP contribution in [-0.4, -0.2) is 17.4 Å². The number of hydrogen-bond acceptors (Lipinski definition) is 4. The zero-order valence-electron chi connectivity index (χ0n) is 13.2. The first-order chi connectivity index (χ1) is 11.2. The largest absolute Gasteiger partial charge is 0.370 e. The summed E-state index contributed by atoms with van der Waals surface area (Å²) in [4.78, 5) is 16.5. The second-order valence-corrected chi connectivity index (χ2v) is 5.21. The molecule has 5 nitrogen and oxygen atoms in total. The SMILES string of the molecule is CCCCCNc1cc(C(=O)Nc2ccc(C#N)cc2)ccn1. The van der Waals surface area contributed by atoms with Crippen LogP contribution in [0.5, 0.6) is 0 Å². The Morgan fingerprint density at radius 1 is 1.22 bits per heavy atom. The highest BCUT2D eigenvalue weighted by Crippen LogP contribution is 2.13. The second-order valence-electron chi connectivity index (χ2n) is 5.21. The first kappa shape index (κ1) is 16.5. The zero-order chi connectivity index (χ0) is 16.5. The summed E-state index contributed by atoms with van der Waals surface area (Å²) in [5.41, 5.74) is 1.76. The van der Waals surface area contributed by atoms with Crippen molar-refractivity contribution in [3.05, 3.63) is 53.7 Å². The van der Waals surface area contributed by atoms with Crippen molar-refractivity contribution in [3.8, 4) is 6.07 Å². The van der Waals surface area contributed by atoms with Gasteiger partial charge in [-0.15, -0.1) is 0 Å². The number of carbonyl (C=O) groups is 1. The molecule has 0 atom stereocenters. The van der Waals surface area contributed by atoms with E-state index in [2.05, 4.69) is 22.5 Å². The number of unbranched alkanes of at least 4 members (excludes halogenated alkanes) is 2. The predicted octanol–water partition coefficient (Wildman–Crippen LogP) is 3.81. The number of pyridine rings is 1. The summed E-state index contributed by atoms with van der Waals surface area (Å²) >= 11 is 0. The lowest BCUT2D eigenvalue weighted by Crippen LogP contribution is -2.13. The van der Waals surface area contributed by atoms with E-state index in [-0.39, 0.29) is 5.91 Å². The van der Waals surface area contributed by atoms with Gasteiger partial charge in [0.05, 0.1) is 11.6 Å². The van der Waals surface area contributed by atoms with Crippen LogP contribution < -0.4 is 10.6 Å². The third-order valence-electron chi connectivity index (χ3n) is 3.38. The maximum absolute atomic E-state index is 12.3. The molecular weight excluding hydrogens is 288 g/mol. The van der Waals surface area contributed by atoms with Crippen molar-refractivity contribution in [2.75, 3.05) is 17.2 Å². The lowest BCUT2D eigenvalue weighted by atomic mass is 10.2. The van der Waals surface area contributed by atoms with Gasteiger partial charge in [0.15, 0.2) is 0 Å². The highest BCUT2D eigenvalue weighted by atomic mass is 16.1. The molecule has 0 saturated carbocycles. The minimum atomic E-state index is -0.200. The number of benzene rings is 1. The van der Waals surface area contributed by atoms with Gasteiger partial charge in [0.25, 0.3) is 5.91 Å². The number of hydrogen-bond donors (Lipinski definition) is 2. The van der Waals surface area contributed by atoms with Gasteiger partial charge in [-0.1, -0.05) is 19.8 Å². The third kappa shape index (κ3) is 5.11. The molecule has 1 aromatic heterocycles. The molecule has 0 saturated heterocycles. The molecule has 0 fully saturated rings. The fraction of sp³-hybridized carbons (Fsp3) is 0.278. The quantitative estimate of drug-likeness (QED) is 0.762. The molecule has 0 unspecified atom stereocenters. The average molecular weight is 308 g/mol. The van der Waals surface area contributed by atoms with Crippen molar-refractivity contribution < 1.29 is 4.79 Å². The lowest BCUT2D eigenvalue weighted by molar-refractivity contribution is 0.102. The van der Waals surface area contributed by atoms with Gasteiger partial charge in [-0.3, -0.25) is 4.79 Å². The maximum atomic E-state index is 12.3. The molecule has 2 aromatic rings. The molecule has 1 heterocycles. The molecular formula is C18H20N4O. The van der Waals surface area contributed by atoms with E-state index in [0.717, 1.165) is 13.0 Å². The second kappa shape index (κ2) is 8.54. The van der Waals surface area contributed by atoms with Gasteiger partial charge >= 0.3 is 0 Å². The average Bonchev–Trinajstić information content (AvgIpc) is 2.60. The smallest absolute Gasteiger partial charge is 0.255 e. The Labute approximate surface area is 136 Å². The van der Waals surface area contributed by atoms with E-state index in [4.69, 9.17) is 5.26 Å². The van der Waals surface area contributed by atoms with Gasteiger partial charge in [-0.05, 0) is 42.8 Å². The van der Waals surface area contributed by atoms with Crippen molar-refractivity contribution in [1.82, 2.24) is 4.98 Å². The van der Waals surface area contributed by atoms with E-state index < -0.39 is 0 Å². The van der Waals surface area contributed by atoms with E-state index >= 15 is 0 Å². The van der Waals surface area contributed by atoms with Gasteiger partial charge < -0.3 is 10.6 Å². The van der Waals surface area contributed by atoms with Gasteiger partial charge in [0, 0.05) is 24.0 Å². The third-order valence-corrected chi connectivity index (χ3v) is 3.38. The molecule has 1 amide bonds. The number of anilines is 2. The molecule has 0 aliphatic carbocycles. The van der Waals surface area contributed by atoms with Crippen LogP contribution in [0.2, 0.25) is 0 Å². The topological polar surface area (TPSA) is 77.8 Å². The van der Waals surface area contributed by atoms with Crippen molar-refractivity contribution in [3.63, 3.8) is 0 Å². The number of nitrogens with one attached hydrogen (secondary N) is 2. The van der Waals surface area contributed by atoms with Crippen molar-refractivity contribution in [1.29, 1.82) is 5.26 Å². The number of carbonyl (C=O) groups excluding carboxylic acids is 1. The number of rotatable bonds is 7. The molecule has 5 heteroatoms. The first-order valence-corrected chi connectivity index (χ1v) is 7.74. The normalized spacial score (nSPS) is 9.91. The molecule has 23 heavy (non-hydrogen) atoms. The molecule has 118 valence electrons. The molecule has 0 radical (unpaired) electrons. The van der Waals surface area contributed by atoms with Crippen molar-refractivity contribution in [2.24, 2.45) is 0 Å². The molecule has 2 N–H and O–H groups in total. The molecule has 0 spiro atoms. The summed E-state index contributed by atoms with van der Waals surface area (Å²) in [7, 11) is 0. The number of nitriles is 1. The predicted molar refractivity (Wildman–Crippen MR) is 91.4 cm³/mol. The van der Waals surface area contributed by atoms with Crippen LogP contribution in [0.4, 0.5) is 11.5 Å². The Bertz CT molecular complexity index is 689. The van der Waals surface area contributed by atoms with E-state index in [9.17, 15) is 4.79 Å². The van der Waals surface area contributed by atoms with Gasteiger partial charge in [0.2, 0.25) is 0 Å². The number of nitrogens with zero attached hydrogens (tertiary/aromatic N) is 2. The fourth-order valence-corrected chi connectivity index (χ4v) is 2.09. The summed E-state index contributed by atoms with van der Waals surface area (Å²) in [5, 5.41) is 14.8. The van der Waals surface area contributed by atoms with E-state index in [1.54, 1.807) is 42.6 Å². The van der Waals surface area contributed by atoms with Crippen LogP contribution >= 0.6 is 0 Å². The van der Waals surface area contributed by atoms with Crippen LogP contribution in [0.1, 0.15) is 42.1 Å². The maximum Gasteiger partial charge on any atom is 0.255 e. The number of amides is 1. The number of aromatic nitrogens is 1. The summed E-state index contributed by atoms with van der Waals surface area (Å²) in [5.74, 6) is 0.502. The van der Waals surface area contributed by atoms with Gasteiger partial charge in [0.1, 0.15) is 5.82 Å². The fourth-order valence-electron chi connectivity index (χ4n) is 2.09. The Balaban J connectivity index is 1.97. The lowest BCUT2D eigenvalue weighted by Gasteiger charge is -2.08. The molecule has 0 aliphatic rings. The van der Waals surface area contributed by atoms with Crippen molar-refractivity contribution >= 4 is 17.4 Å². The highest BCUT2D eigenvalue weighted by Gasteiger charge is 2.07. The standard InChI is InChI=1S/C18H20N4O/c1-2-3-4-10-20-17-12-15(9-11-21-17)18(23)22-16-7-5-14(13-19)6-8-16/h5-9,11-12H,2-4,10H2,1H3,(H,20,21)(H,22,23). The van der Waals surface area contributed by atoms with Crippen LogP contribution in [0.25, 0.3) is 0 Å². The van der Waals surface area contributed by atoms with Crippen molar-refractivity contribution in [2.45, 2.75) is 26.2 Å². The molecule has 2 rings (SSSR count). The zero-order valence-corrected chi connectivity index (χ0v) is 13.2. The molecule has 0 aliphatic heterocycles. The minimum absolute atomic E-state index is 0.200. The highest BCUT2D eigenvalue weighted by molar-refractivity contribution is 6.04.